The van der Waals surface area contributed by atoms with Gasteiger partial charge in [0.25, 0.3) is 0 Å². The lowest BCUT2D eigenvalue weighted by atomic mass is 9.95. The first-order valence-corrected chi connectivity index (χ1v) is 10.1. The quantitative estimate of drug-likeness (QED) is 0.783. The Morgan fingerprint density at radius 3 is 2.77 bits per heavy atom. The lowest BCUT2D eigenvalue weighted by Gasteiger charge is -2.27. The molecular weight excluding hydrogens is 344 g/mol. The number of hydrogen-bond acceptors (Lipinski definition) is 4. The number of thioether (sulfide) groups is 1. The first-order chi connectivity index (χ1) is 12.6. The van der Waals surface area contributed by atoms with Gasteiger partial charge in [-0.3, -0.25) is 4.79 Å². The molecule has 1 aliphatic rings. The summed E-state index contributed by atoms with van der Waals surface area (Å²) >= 11 is 1.40. The maximum atomic E-state index is 12.5. The first-order valence-electron chi connectivity index (χ1n) is 9.07. The van der Waals surface area contributed by atoms with Crippen LogP contribution < -0.4 is 5.32 Å². The van der Waals surface area contributed by atoms with E-state index in [0.717, 1.165) is 29.1 Å². The van der Waals surface area contributed by atoms with E-state index in [9.17, 15) is 10.1 Å². The van der Waals surface area contributed by atoms with Gasteiger partial charge in [-0.25, -0.2) is 4.98 Å². The van der Waals surface area contributed by atoms with E-state index in [4.69, 9.17) is 0 Å². The molecule has 0 aliphatic heterocycles. The van der Waals surface area contributed by atoms with E-state index >= 15 is 0 Å². The van der Waals surface area contributed by atoms with Crippen molar-refractivity contribution >= 4 is 23.5 Å². The van der Waals surface area contributed by atoms with Crippen molar-refractivity contribution in [2.45, 2.75) is 57.0 Å². The molecule has 3 rings (SSSR count). The highest BCUT2D eigenvalue weighted by molar-refractivity contribution is 7.99. The Morgan fingerprint density at radius 1 is 1.35 bits per heavy atom. The fourth-order valence-corrected chi connectivity index (χ4v) is 4.28. The normalized spacial score (nSPS) is 14.8. The number of hydrogen-bond donors (Lipinski definition) is 1. The van der Waals surface area contributed by atoms with Crippen molar-refractivity contribution < 1.29 is 4.79 Å². The van der Waals surface area contributed by atoms with Crippen LogP contribution in [0.15, 0.2) is 29.4 Å². The summed E-state index contributed by atoms with van der Waals surface area (Å²) in [5.41, 5.74) is 2.64. The number of nitriles is 1. The van der Waals surface area contributed by atoms with Crippen LogP contribution in [0.1, 0.15) is 55.0 Å². The van der Waals surface area contributed by atoms with Crippen LogP contribution >= 0.6 is 11.8 Å². The number of pyridine rings is 1. The van der Waals surface area contributed by atoms with Gasteiger partial charge in [0.15, 0.2) is 0 Å². The van der Waals surface area contributed by atoms with Gasteiger partial charge in [0.1, 0.15) is 11.9 Å². The molecule has 0 aromatic carbocycles. The predicted octanol–water partition coefficient (Wildman–Crippen LogP) is 4.61. The average Bonchev–Trinajstić information content (AvgIpc) is 2.91. The van der Waals surface area contributed by atoms with Crippen molar-refractivity contribution in [1.29, 1.82) is 5.26 Å². The molecule has 0 unspecified atom stereocenters. The van der Waals surface area contributed by atoms with Gasteiger partial charge in [0.05, 0.1) is 16.3 Å². The summed E-state index contributed by atoms with van der Waals surface area (Å²) in [7, 11) is 0. The Kier molecular flexibility index (Phi) is 6.00. The monoisotopic (exact) mass is 368 g/mol. The summed E-state index contributed by atoms with van der Waals surface area (Å²) in [6, 6.07) is 8.30. The summed E-state index contributed by atoms with van der Waals surface area (Å²) in [5, 5.41) is 13.5. The van der Waals surface area contributed by atoms with Crippen LogP contribution in [-0.2, 0) is 4.79 Å². The molecule has 2 heterocycles. The maximum absolute atomic E-state index is 12.5. The predicted molar refractivity (Wildman–Crippen MR) is 104 cm³/mol. The van der Waals surface area contributed by atoms with E-state index in [-0.39, 0.29) is 11.7 Å². The van der Waals surface area contributed by atoms with E-state index in [2.05, 4.69) is 20.9 Å². The number of aromatic nitrogens is 2. The van der Waals surface area contributed by atoms with E-state index in [1.54, 1.807) is 6.20 Å². The molecule has 136 valence electrons. The van der Waals surface area contributed by atoms with Crippen LogP contribution in [0.4, 0.5) is 5.82 Å². The number of carbonyl (C=O) groups is 1. The number of anilines is 1. The summed E-state index contributed by atoms with van der Waals surface area (Å²) in [4.78, 5) is 16.8. The Bertz CT molecular complexity index is 817. The zero-order valence-corrected chi connectivity index (χ0v) is 16.1. The lowest BCUT2D eigenvalue weighted by molar-refractivity contribution is -0.113. The molecule has 0 saturated heterocycles. The van der Waals surface area contributed by atoms with E-state index in [1.165, 1.54) is 31.0 Å². The second-order valence-electron chi connectivity index (χ2n) is 6.71. The third kappa shape index (κ3) is 3.94. The van der Waals surface area contributed by atoms with Crippen LogP contribution in [-0.4, -0.2) is 21.2 Å². The van der Waals surface area contributed by atoms with Gasteiger partial charge in [-0.15, -0.1) is 0 Å². The smallest absolute Gasteiger partial charge is 0.235 e. The Labute approximate surface area is 158 Å². The Balaban J connectivity index is 1.80. The van der Waals surface area contributed by atoms with Gasteiger partial charge in [-0.1, -0.05) is 37.1 Å². The van der Waals surface area contributed by atoms with Crippen molar-refractivity contribution in [3.8, 4) is 6.07 Å². The molecule has 2 aromatic rings. The number of carbonyl (C=O) groups excluding carboxylic acids is 1. The summed E-state index contributed by atoms with van der Waals surface area (Å²) in [6.45, 7) is 4.01. The van der Waals surface area contributed by atoms with Crippen molar-refractivity contribution in [3.05, 3.63) is 41.2 Å². The summed E-state index contributed by atoms with van der Waals surface area (Å²) in [6.07, 6.45) is 7.59. The summed E-state index contributed by atoms with van der Waals surface area (Å²) < 4.78 is 2.19. The molecule has 0 bridgehead atoms. The van der Waals surface area contributed by atoms with E-state index in [0.29, 0.717) is 17.4 Å². The molecule has 0 radical (unpaired) electrons. The number of rotatable bonds is 5. The van der Waals surface area contributed by atoms with E-state index < -0.39 is 0 Å². The van der Waals surface area contributed by atoms with Gasteiger partial charge < -0.3 is 9.88 Å². The zero-order valence-electron chi connectivity index (χ0n) is 15.3. The minimum Gasteiger partial charge on any atom is -0.327 e. The molecule has 5 nitrogen and oxygen atoms in total. The minimum absolute atomic E-state index is 0.105. The number of nitrogens with one attached hydrogen (secondary N) is 1. The molecule has 6 heteroatoms. The molecule has 0 atom stereocenters. The third-order valence-electron chi connectivity index (χ3n) is 5.06. The molecule has 1 saturated carbocycles. The van der Waals surface area contributed by atoms with Crippen LogP contribution in [0.5, 0.6) is 0 Å². The Morgan fingerprint density at radius 2 is 2.12 bits per heavy atom. The van der Waals surface area contributed by atoms with Crippen molar-refractivity contribution in [2.24, 2.45) is 0 Å². The fourth-order valence-electron chi connectivity index (χ4n) is 3.62. The van der Waals surface area contributed by atoms with Crippen LogP contribution in [0.2, 0.25) is 0 Å². The second-order valence-corrected chi connectivity index (χ2v) is 7.71. The molecule has 1 fully saturated rings. The highest BCUT2D eigenvalue weighted by Gasteiger charge is 2.25. The van der Waals surface area contributed by atoms with Gasteiger partial charge in [-0.05, 0) is 44.4 Å². The fraction of sp³-hybridized carbons (Fsp3) is 0.450. The zero-order chi connectivity index (χ0) is 18.5. The molecule has 1 N–H and O–H groups in total. The van der Waals surface area contributed by atoms with Crippen LogP contribution in [0, 0.1) is 25.2 Å². The van der Waals surface area contributed by atoms with Crippen molar-refractivity contribution in [1.82, 2.24) is 9.55 Å². The lowest BCUT2D eigenvalue weighted by Crippen LogP contribution is -2.21. The average molecular weight is 369 g/mol. The molecule has 1 aliphatic carbocycles. The van der Waals surface area contributed by atoms with Crippen molar-refractivity contribution in [2.75, 3.05) is 11.1 Å². The van der Waals surface area contributed by atoms with Crippen LogP contribution in [0.25, 0.3) is 0 Å². The molecular formula is C20H24N4OS. The largest absolute Gasteiger partial charge is 0.327 e. The first kappa shape index (κ1) is 18.5. The number of nitrogens with zero attached hydrogens (tertiary/aromatic N) is 3. The number of amides is 1. The second kappa shape index (κ2) is 8.41. The van der Waals surface area contributed by atoms with Crippen molar-refractivity contribution in [3.63, 3.8) is 0 Å². The summed E-state index contributed by atoms with van der Waals surface area (Å²) in [5.74, 6) is 0.836. The highest BCUT2D eigenvalue weighted by atomic mass is 32.2. The van der Waals surface area contributed by atoms with E-state index in [1.807, 2.05) is 32.0 Å². The topological polar surface area (TPSA) is 70.7 Å². The molecule has 1 amide bonds. The molecule has 2 aromatic heterocycles. The standard InChI is InChI=1S/C20H24N4OS/c1-14-15(2)24(16-8-4-3-5-9-16)20(17(14)12-21)23-18(25)13-26-19-10-6-7-11-22-19/h6-7,10-11,16H,3-5,8-9,13H2,1-2H3,(H,23,25). The van der Waals surface area contributed by atoms with Gasteiger partial charge >= 0.3 is 0 Å². The Hall–Kier alpha value is -2.26. The molecule has 0 spiro atoms. The van der Waals surface area contributed by atoms with Gasteiger partial charge in [-0.2, -0.15) is 5.26 Å². The highest BCUT2D eigenvalue weighted by Crippen LogP contribution is 2.36. The van der Waals surface area contributed by atoms with Gasteiger partial charge in [0, 0.05) is 17.9 Å². The minimum atomic E-state index is -0.105. The maximum Gasteiger partial charge on any atom is 0.235 e. The molecule has 26 heavy (non-hydrogen) atoms. The SMILES string of the molecule is Cc1c(C#N)c(NC(=O)CSc2ccccn2)n(C2CCCCC2)c1C. The third-order valence-corrected chi connectivity index (χ3v) is 6.00. The van der Waals surface area contributed by atoms with Crippen LogP contribution in [0.3, 0.4) is 0 Å². The van der Waals surface area contributed by atoms with Gasteiger partial charge in [0.2, 0.25) is 5.91 Å².